The molecule has 0 unspecified atom stereocenters. The van der Waals surface area contributed by atoms with Crippen LogP contribution in [0.25, 0.3) is 0 Å². The highest BCUT2D eigenvalue weighted by atomic mass is 16.1. The third kappa shape index (κ3) is 2.16. The van der Waals surface area contributed by atoms with Crippen molar-refractivity contribution in [2.24, 2.45) is 0 Å². The minimum Gasteiger partial charge on any atom is -0.287 e. The lowest BCUT2D eigenvalue weighted by molar-refractivity contribution is 0.103. The summed E-state index contributed by atoms with van der Waals surface area (Å²) in [5, 5.41) is 0. The Balaban J connectivity index is 2.39. The number of benzene rings is 1. The van der Waals surface area contributed by atoms with Crippen molar-refractivity contribution in [3.8, 4) is 0 Å². The number of hydrogen-bond donors (Lipinski definition) is 0. The topological polar surface area (TPSA) is 30.0 Å². The summed E-state index contributed by atoms with van der Waals surface area (Å²) >= 11 is 0. The van der Waals surface area contributed by atoms with Crippen LogP contribution in [0.1, 0.15) is 27.2 Å². The Kier molecular flexibility index (Phi) is 2.82. The third-order valence-corrected chi connectivity index (χ3v) is 2.43. The van der Waals surface area contributed by atoms with Gasteiger partial charge in [0.1, 0.15) is 5.69 Å². The highest BCUT2D eigenvalue weighted by Gasteiger charge is 2.09. The number of rotatable bonds is 2. The number of nitrogens with zero attached hydrogens (tertiary/aromatic N) is 1. The molecule has 0 saturated carbocycles. The molecule has 2 heteroatoms. The van der Waals surface area contributed by atoms with E-state index in [9.17, 15) is 4.79 Å². The van der Waals surface area contributed by atoms with Crippen molar-refractivity contribution in [2.75, 3.05) is 0 Å². The molecule has 0 atom stereocenters. The van der Waals surface area contributed by atoms with Gasteiger partial charge in [-0.2, -0.15) is 0 Å². The summed E-state index contributed by atoms with van der Waals surface area (Å²) < 4.78 is 0. The minimum atomic E-state index is -0.0209. The first-order valence-corrected chi connectivity index (χ1v) is 5.21. The molecule has 16 heavy (non-hydrogen) atoms. The van der Waals surface area contributed by atoms with Gasteiger partial charge in [-0.05, 0) is 37.6 Å². The van der Waals surface area contributed by atoms with Crippen LogP contribution in [0.3, 0.4) is 0 Å². The Morgan fingerprint density at radius 2 is 1.81 bits per heavy atom. The number of aromatic nitrogens is 1. The summed E-state index contributed by atoms with van der Waals surface area (Å²) in [6.45, 7) is 3.93. The number of ketones is 1. The quantitative estimate of drug-likeness (QED) is 0.715. The van der Waals surface area contributed by atoms with Gasteiger partial charge < -0.3 is 0 Å². The summed E-state index contributed by atoms with van der Waals surface area (Å²) in [4.78, 5) is 16.2. The van der Waals surface area contributed by atoms with Gasteiger partial charge in [-0.3, -0.25) is 9.78 Å². The van der Waals surface area contributed by atoms with E-state index in [0.29, 0.717) is 11.3 Å². The highest BCUT2D eigenvalue weighted by Crippen LogP contribution is 2.10. The molecule has 0 aliphatic carbocycles. The van der Waals surface area contributed by atoms with Crippen LogP contribution in [0.2, 0.25) is 0 Å². The Bertz CT molecular complexity index is 484. The van der Waals surface area contributed by atoms with Gasteiger partial charge in [0.05, 0.1) is 0 Å². The van der Waals surface area contributed by atoms with Crippen LogP contribution in [-0.4, -0.2) is 10.8 Å². The Hall–Kier alpha value is -1.96. The van der Waals surface area contributed by atoms with Gasteiger partial charge in [-0.15, -0.1) is 0 Å². The first-order chi connectivity index (χ1) is 7.66. The molecule has 0 N–H and O–H groups in total. The third-order valence-electron chi connectivity index (χ3n) is 2.43. The van der Waals surface area contributed by atoms with E-state index in [2.05, 4.69) is 4.98 Å². The number of hydrogen-bond acceptors (Lipinski definition) is 2. The molecule has 2 aromatic rings. The average Bonchev–Trinajstić information content (AvgIpc) is 2.28. The van der Waals surface area contributed by atoms with Crippen molar-refractivity contribution >= 4 is 5.78 Å². The van der Waals surface area contributed by atoms with Crippen molar-refractivity contribution < 1.29 is 4.79 Å². The molecule has 2 nitrogen and oxygen atoms in total. The molecule has 0 bridgehead atoms. The SMILES string of the molecule is Cc1cccc(C(=O)c2cc(C)ccn2)c1. The summed E-state index contributed by atoms with van der Waals surface area (Å²) in [5.74, 6) is -0.0209. The molecular formula is C14H13NO. The Labute approximate surface area is 95.0 Å². The van der Waals surface area contributed by atoms with E-state index in [0.717, 1.165) is 11.1 Å². The van der Waals surface area contributed by atoms with E-state index in [-0.39, 0.29) is 5.78 Å². The van der Waals surface area contributed by atoms with E-state index < -0.39 is 0 Å². The van der Waals surface area contributed by atoms with Crippen molar-refractivity contribution in [1.29, 1.82) is 0 Å². The number of pyridine rings is 1. The van der Waals surface area contributed by atoms with Gasteiger partial charge in [0, 0.05) is 11.8 Å². The number of carbonyl (C=O) groups is 1. The molecule has 0 radical (unpaired) electrons. The van der Waals surface area contributed by atoms with Crippen molar-refractivity contribution in [1.82, 2.24) is 4.98 Å². The smallest absolute Gasteiger partial charge is 0.211 e. The molecule has 0 aliphatic rings. The molecule has 0 saturated heterocycles. The zero-order chi connectivity index (χ0) is 11.5. The molecule has 0 amide bonds. The molecule has 0 aliphatic heterocycles. The lowest BCUT2D eigenvalue weighted by Gasteiger charge is -2.02. The minimum absolute atomic E-state index is 0.0209. The zero-order valence-corrected chi connectivity index (χ0v) is 9.40. The fourth-order valence-corrected chi connectivity index (χ4v) is 1.59. The van der Waals surface area contributed by atoms with Crippen LogP contribution in [0.5, 0.6) is 0 Å². The van der Waals surface area contributed by atoms with Gasteiger partial charge in [-0.1, -0.05) is 23.8 Å². The standard InChI is InChI=1S/C14H13NO/c1-10-4-3-5-12(8-10)14(16)13-9-11(2)6-7-15-13/h3-9H,1-2H3. The summed E-state index contributed by atoms with van der Waals surface area (Å²) in [5.41, 5.74) is 3.33. The molecule has 1 heterocycles. The van der Waals surface area contributed by atoms with Crippen molar-refractivity contribution in [3.05, 3.63) is 65.0 Å². The van der Waals surface area contributed by atoms with E-state index >= 15 is 0 Å². The number of aryl methyl sites for hydroxylation is 2. The van der Waals surface area contributed by atoms with E-state index in [1.54, 1.807) is 6.20 Å². The van der Waals surface area contributed by atoms with Gasteiger partial charge >= 0.3 is 0 Å². The maximum absolute atomic E-state index is 12.1. The molecule has 1 aromatic carbocycles. The molecule has 80 valence electrons. The molecule has 1 aromatic heterocycles. The Morgan fingerprint density at radius 3 is 2.50 bits per heavy atom. The molecule has 2 rings (SSSR count). The number of carbonyl (C=O) groups excluding carboxylic acids is 1. The monoisotopic (exact) mass is 211 g/mol. The predicted octanol–water partition coefficient (Wildman–Crippen LogP) is 2.93. The summed E-state index contributed by atoms with van der Waals surface area (Å²) in [7, 11) is 0. The van der Waals surface area contributed by atoms with Gasteiger partial charge in [0.15, 0.2) is 0 Å². The predicted molar refractivity (Wildman–Crippen MR) is 63.6 cm³/mol. The first-order valence-electron chi connectivity index (χ1n) is 5.21. The first kappa shape index (κ1) is 10.6. The summed E-state index contributed by atoms with van der Waals surface area (Å²) in [6.07, 6.45) is 1.67. The second kappa shape index (κ2) is 4.27. The van der Waals surface area contributed by atoms with Crippen molar-refractivity contribution in [3.63, 3.8) is 0 Å². The fourth-order valence-electron chi connectivity index (χ4n) is 1.59. The van der Waals surface area contributed by atoms with E-state index in [1.165, 1.54) is 0 Å². The van der Waals surface area contributed by atoms with Crippen molar-refractivity contribution in [2.45, 2.75) is 13.8 Å². The second-order valence-corrected chi connectivity index (χ2v) is 3.92. The zero-order valence-electron chi connectivity index (χ0n) is 9.40. The van der Waals surface area contributed by atoms with Crippen LogP contribution in [0, 0.1) is 13.8 Å². The molecule has 0 spiro atoms. The lowest BCUT2D eigenvalue weighted by Crippen LogP contribution is -2.04. The molecule has 0 fully saturated rings. The van der Waals surface area contributed by atoms with Gasteiger partial charge in [-0.25, -0.2) is 0 Å². The maximum atomic E-state index is 12.1. The van der Waals surface area contributed by atoms with Crippen LogP contribution in [0.4, 0.5) is 0 Å². The van der Waals surface area contributed by atoms with Crippen LogP contribution < -0.4 is 0 Å². The average molecular weight is 211 g/mol. The largest absolute Gasteiger partial charge is 0.287 e. The van der Waals surface area contributed by atoms with Gasteiger partial charge in [0.25, 0.3) is 0 Å². The maximum Gasteiger partial charge on any atom is 0.211 e. The molecular weight excluding hydrogens is 198 g/mol. The Morgan fingerprint density at radius 1 is 1.06 bits per heavy atom. The van der Waals surface area contributed by atoms with Crippen LogP contribution in [0.15, 0.2) is 42.6 Å². The normalized spacial score (nSPS) is 10.1. The van der Waals surface area contributed by atoms with Gasteiger partial charge in [0.2, 0.25) is 5.78 Å². The second-order valence-electron chi connectivity index (χ2n) is 3.92. The van der Waals surface area contributed by atoms with E-state index in [1.807, 2.05) is 50.2 Å². The highest BCUT2D eigenvalue weighted by molar-refractivity contribution is 6.07. The fraction of sp³-hybridized carbons (Fsp3) is 0.143. The summed E-state index contributed by atoms with van der Waals surface area (Å²) in [6, 6.07) is 11.3. The lowest BCUT2D eigenvalue weighted by atomic mass is 10.0. The van der Waals surface area contributed by atoms with E-state index in [4.69, 9.17) is 0 Å². The van der Waals surface area contributed by atoms with Crippen LogP contribution >= 0.6 is 0 Å². The van der Waals surface area contributed by atoms with Crippen LogP contribution in [-0.2, 0) is 0 Å².